The lowest BCUT2D eigenvalue weighted by atomic mass is 9.92. The molecule has 4 heterocycles. The average molecular weight is 1470 g/mol. The van der Waals surface area contributed by atoms with Crippen LogP contribution in [0.2, 0.25) is 0 Å². The molecule has 28 heteroatoms. The number of carbonyl (C=O) groups excluding carboxylic acids is 10. The molecule has 2 aliphatic rings. The molecule has 0 atom stereocenters. The molecule has 0 saturated carbocycles. The number of likely N-dealkylation sites (tertiary alicyclic amines) is 2. The van der Waals surface area contributed by atoms with Crippen LogP contribution in [0, 0.1) is 11.8 Å². The molecule has 28 nitrogen and oxygen atoms in total. The average Bonchev–Trinajstić information content (AvgIpc) is 1.61. The maximum atomic E-state index is 8.93. The minimum absolute atomic E-state index is 0.0967. The third-order valence-corrected chi connectivity index (χ3v) is 17.3. The van der Waals surface area contributed by atoms with Crippen molar-refractivity contribution in [2.45, 2.75) is 63.5 Å². The van der Waals surface area contributed by atoms with Gasteiger partial charge in [-0.15, -0.1) is 0 Å². The van der Waals surface area contributed by atoms with Crippen LogP contribution in [0.4, 0.5) is 0 Å². The van der Waals surface area contributed by atoms with E-state index < -0.39 is 59.7 Å². The number of hydrogen-bond donors (Lipinski definition) is 0. The second-order valence-electron chi connectivity index (χ2n) is 24.3. The molecular formula is C80H74N6O22-10. The van der Waals surface area contributed by atoms with Crippen molar-refractivity contribution in [2.24, 2.45) is 11.8 Å². The SMILES string of the molecule is COc1ccc(CCN2CCC(Cc3nc4ccccc4n3C(c3ccccc3)c3ccccc3)CC2)cc1.COc1ccc(CCN2CCC(Cc3nc4ccccc4n3C(c3ccccc3)c3ccccc3)CC2)cc1.O=C([O-])C(=O)[O-].O=C([O-])C(=O)[O-].O=C([O-])C(=O)[O-].O=C([O-])C(=O)[O-].O=C([O-])C(=O)[O-]. The largest absolute Gasteiger partial charge is 0.543 e. The number of carbonyl (C=O) groups is 10. The van der Waals surface area contributed by atoms with Gasteiger partial charge in [-0.05, 0) is 158 Å². The molecule has 2 fully saturated rings. The van der Waals surface area contributed by atoms with Crippen molar-refractivity contribution in [2.75, 3.05) is 53.5 Å². The summed E-state index contributed by atoms with van der Waals surface area (Å²) >= 11 is 0. The number of aromatic nitrogens is 4. The van der Waals surface area contributed by atoms with E-state index in [-0.39, 0.29) is 12.1 Å². The Kier molecular flexibility index (Phi) is 33.6. The molecule has 8 aromatic carbocycles. The first-order chi connectivity index (χ1) is 51.8. The summed E-state index contributed by atoms with van der Waals surface area (Å²) in [5.41, 5.74) is 12.5. The summed E-state index contributed by atoms with van der Waals surface area (Å²) in [4.78, 5) is 105. The van der Waals surface area contributed by atoms with Gasteiger partial charge < -0.3 is 127 Å². The summed E-state index contributed by atoms with van der Waals surface area (Å²) in [5.74, 6) is -16.3. The highest BCUT2D eigenvalue weighted by molar-refractivity contribution is 6.26. The number of hydrogen-bond acceptors (Lipinski definition) is 26. The van der Waals surface area contributed by atoms with Gasteiger partial charge in [-0.3, -0.25) is 0 Å². The molecule has 566 valence electrons. The number of aliphatic carboxylic acids is 10. The second-order valence-corrected chi connectivity index (χ2v) is 24.3. The number of ether oxygens (including phenoxy) is 2. The van der Waals surface area contributed by atoms with Gasteiger partial charge in [0.1, 0.15) is 23.1 Å². The first kappa shape index (κ1) is 83.9. The molecule has 0 aliphatic carbocycles. The summed E-state index contributed by atoms with van der Waals surface area (Å²) in [5, 5.41) is 89.3. The topological polar surface area (TPSA) is 462 Å². The lowest BCUT2D eigenvalue weighted by molar-refractivity contribution is -0.345. The van der Waals surface area contributed by atoms with Crippen molar-refractivity contribution in [3.8, 4) is 11.5 Å². The molecule has 2 saturated heterocycles. The fraction of sp³-hybridized carbons (Fsp3) is 0.250. The van der Waals surface area contributed by atoms with E-state index in [1.807, 2.05) is 0 Å². The summed E-state index contributed by atoms with van der Waals surface area (Å²) < 4.78 is 15.6. The van der Waals surface area contributed by atoms with E-state index in [0.29, 0.717) is 11.8 Å². The highest BCUT2D eigenvalue weighted by Crippen LogP contribution is 2.36. The number of imidazole rings is 2. The summed E-state index contributed by atoms with van der Waals surface area (Å²) in [6, 6.07) is 78.0. The molecule has 2 aliphatic heterocycles. The predicted octanol–water partition coefficient (Wildman–Crippen LogP) is -3.21. The Hall–Kier alpha value is -13.1. The van der Waals surface area contributed by atoms with Crippen molar-refractivity contribution in [3.63, 3.8) is 0 Å². The van der Waals surface area contributed by atoms with Crippen LogP contribution < -0.4 is 60.5 Å². The zero-order chi connectivity index (χ0) is 78.7. The molecule has 10 aromatic rings. The van der Waals surface area contributed by atoms with Gasteiger partial charge in [-0.1, -0.05) is 170 Å². The third kappa shape index (κ3) is 26.9. The maximum absolute atomic E-state index is 8.93. The van der Waals surface area contributed by atoms with Gasteiger partial charge in [0.15, 0.2) is 0 Å². The lowest BCUT2D eigenvalue weighted by Crippen LogP contribution is -2.42. The number of piperidine rings is 2. The standard InChI is InChI=1S/2C35H37N3O.5C2H2O4/c2*1-39-31-18-16-27(17-19-31)20-23-37-24-21-28(22-25-37)26-34-36-32-14-8-9-15-33(32)38(34)35(29-10-4-2-5-11-29)30-12-6-3-7-13-30;5*3-1(4)2(5)6/h2*2-19,28,35H,20-26H2,1H3;5*(H,3,4)(H,5,6)/p-10. The molecule has 12 rings (SSSR count). The first-order valence-electron chi connectivity index (χ1n) is 33.7. The normalized spacial score (nSPS) is 12.7. The number of carboxylic acid groups (broad SMARTS) is 10. The summed E-state index contributed by atoms with van der Waals surface area (Å²) in [6.07, 6.45) is 9.05. The monoisotopic (exact) mass is 1470 g/mol. The van der Waals surface area contributed by atoms with Gasteiger partial charge in [0, 0.05) is 25.9 Å². The number of fused-ring (bicyclic) bond motifs is 2. The molecule has 2 aromatic heterocycles. The fourth-order valence-corrected chi connectivity index (χ4v) is 12.1. The maximum Gasteiger partial charge on any atom is 0.118 e. The van der Waals surface area contributed by atoms with Crippen molar-refractivity contribution in [1.82, 2.24) is 28.9 Å². The van der Waals surface area contributed by atoms with Crippen LogP contribution >= 0.6 is 0 Å². The molecule has 0 spiro atoms. The quantitative estimate of drug-likeness (QED) is 0.0763. The van der Waals surface area contributed by atoms with Crippen LogP contribution in [-0.4, -0.2) is 142 Å². The Morgan fingerprint density at radius 3 is 0.796 bits per heavy atom. The van der Waals surface area contributed by atoms with Gasteiger partial charge in [0.2, 0.25) is 0 Å². The van der Waals surface area contributed by atoms with Crippen LogP contribution in [0.1, 0.15) is 82.8 Å². The summed E-state index contributed by atoms with van der Waals surface area (Å²) in [7, 11) is 3.44. The number of benzene rings is 8. The second kappa shape index (κ2) is 43.3. The molecule has 0 N–H and O–H groups in total. The van der Waals surface area contributed by atoms with Crippen molar-refractivity contribution in [3.05, 3.63) is 263 Å². The van der Waals surface area contributed by atoms with E-state index in [2.05, 4.69) is 237 Å². The number of methoxy groups -OCH3 is 2. The Morgan fingerprint density at radius 2 is 0.565 bits per heavy atom. The molecule has 0 unspecified atom stereocenters. The van der Waals surface area contributed by atoms with Crippen LogP contribution in [0.15, 0.2) is 218 Å². The number of carboxylic acids is 10. The zero-order valence-corrected chi connectivity index (χ0v) is 58.7. The predicted molar refractivity (Wildman–Crippen MR) is 369 cm³/mol. The van der Waals surface area contributed by atoms with Crippen LogP contribution in [0.3, 0.4) is 0 Å². The highest BCUT2D eigenvalue weighted by Gasteiger charge is 2.29. The number of para-hydroxylation sites is 4. The third-order valence-electron chi connectivity index (χ3n) is 17.3. The van der Waals surface area contributed by atoms with Gasteiger partial charge in [-0.2, -0.15) is 0 Å². The van der Waals surface area contributed by atoms with Gasteiger partial charge >= 0.3 is 0 Å². The van der Waals surface area contributed by atoms with Crippen molar-refractivity contribution >= 4 is 81.8 Å². The number of nitrogens with zero attached hydrogens (tertiary/aromatic N) is 6. The molecule has 108 heavy (non-hydrogen) atoms. The summed E-state index contributed by atoms with van der Waals surface area (Å²) in [6.45, 7) is 6.84. The van der Waals surface area contributed by atoms with Gasteiger partial charge in [0.25, 0.3) is 0 Å². The Morgan fingerprint density at radius 1 is 0.333 bits per heavy atom. The minimum atomic E-state index is -2.19. The first-order valence-corrected chi connectivity index (χ1v) is 33.7. The minimum Gasteiger partial charge on any atom is -0.543 e. The van der Waals surface area contributed by atoms with Crippen LogP contribution in [0.25, 0.3) is 22.1 Å². The Balaban J connectivity index is 0.000000245. The van der Waals surface area contributed by atoms with Crippen molar-refractivity contribution in [1.29, 1.82) is 0 Å². The van der Waals surface area contributed by atoms with E-state index in [9.17, 15) is 0 Å². The van der Waals surface area contributed by atoms with E-state index in [0.717, 1.165) is 87.5 Å². The lowest BCUT2D eigenvalue weighted by Gasteiger charge is -2.32. The Bertz CT molecular complexity index is 4050. The van der Waals surface area contributed by atoms with Crippen molar-refractivity contribution < 1.29 is 108 Å². The molecule has 0 radical (unpaired) electrons. The van der Waals surface area contributed by atoms with E-state index >= 15 is 0 Å². The highest BCUT2D eigenvalue weighted by atomic mass is 16.5. The zero-order valence-electron chi connectivity index (χ0n) is 58.7. The number of rotatable bonds is 18. The van der Waals surface area contributed by atoms with Crippen LogP contribution in [-0.2, 0) is 73.6 Å². The van der Waals surface area contributed by atoms with E-state index in [1.54, 1.807) is 14.2 Å². The van der Waals surface area contributed by atoms with E-state index in [1.165, 1.54) is 81.7 Å². The smallest absolute Gasteiger partial charge is 0.118 e. The van der Waals surface area contributed by atoms with Gasteiger partial charge in [0.05, 0.1) is 108 Å². The molecular weight excluding hydrogens is 1400 g/mol. The van der Waals surface area contributed by atoms with Gasteiger partial charge in [-0.25, -0.2) is 9.97 Å². The Labute approximate surface area is 620 Å². The molecule has 0 bridgehead atoms. The molecule has 0 amide bonds. The van der Waals surface area contributed by atoms with Crippen LogP contribution in [0.5, 0.6) is 11.5 Å². The van der Waals surface area contributed by atoms with E-state index in [4.69, 9.17) is 118 Å². The fourth-order valence-electron chi connectivity index (χ4n) is 12.1.